The number of esters is 4. The lowest BCUT2D eigenvalue weighted by atomic mass is 10.1. The number of carbonyl (C=O) groups excluding carboxylic acids is 5. The summed E-state index contributed by atoms with van der Waals surface area (Å²) in [6, 6.07) is 14.6. The van der Waals surface area contributed by atoms with Crippen LogP contribution in [0.15, 0.2) is 91.0 Å². The molecule has 0 aliphatic heterocycles. The van der Waals surface area contributed by atoms with E-state index in [1.54, 1.807) is 18.2 Å². The molecule has 6 rings (SSSR count). The lowest BCUT2D eigenvalue weighted by Crippen LogP contribution is -2.13. The van der Waals surface area contributed by atoms with E-state index in [0.717, 1.165) is 12.1 Å². The number of phenolic OH excluding ortho intramolecular Hbond substituents is 11. The maximum atomic E-state index is 13.2. The van der Waals surface area contributed by atoms with Gasteiger partial charge in [0, 0.05) is 6.07 Å². The zero-order valence-electron chi connectivity index (χ0n) is 31.1. The van der Waals surface area contributed by atoms with Crippen molar-refractivity contribution in [2.75, 3.05) is 0 Å². The number of phenols is 11. The van der Waals surface area contributed by atoms with Gasteiger partial charge in [-0.1, -0.05) is 18.2 Å². The highest BCUT2D eigenvalue weighted by Crippen LogP contribution is 2.43. The van der Waals surface area contributed by atoms with Crippen LogP contribution < -0.4 is 23.8 Å². The number of rotatable bonds is 11. The number of benzene rings is 6. The summed E-state index contributed by atoms with van der Waals surface area (Å²) in [6.45, 7) is 0. The fourth-order valence-corrected chi connectivity index (χ4v) is 5.12. The summed E-state index contributed by atoms with van der Waals surface area (Å²) in [6.07, 6.45) is 0. The van der Waals surface area contributed by atoms with Gasteiger partial charge in [-0.2, -0.15) is 0 Å². The van der Waals surface area contributed by atoms with Crippen LogP contribution in [0.5, 0.6) is 92.0 Å². The third-order valence-electron chi connectivity index (χ3n) is 8.24. The zero-order chi connectivity index (χ0) is 45.9. The van der Waals surface area contributed by atoms with Crippen molar-refractivity contribution in [3.63, 3.8) is 0 Å². The molecule has 0 heterocycles. The molecule has 22 nitrogen and oxygen atoms in total. The molecule has 0 saturated heterocycles. The van der Waals surface area contributed by atoms with Crippen molar-refractivity contribution in [2.45, 2.75) is 0 Å². The number of aromatic hydroxyl groups is 11. The van der Waals surface area contributed by atoms with Crippen LogP contribution in [0, 0.1) is 0 Å². The van der Waals surface area contributed by atoms with Crippen molar-refractivity contribution < 1.29 is 109 Å². The Morgan fingerprint density at radius 1 is 0.317 bits per heavy atom. The summed E-state index contributed by atoms with van der Waals surface area (Å²) in [5, 5.41) is 111. The van der Waals surface area contributed by atoms with Crippen LogP contribution in [0.2, 0.25) is 0 Å². The summed E-state index contributed by atoms with van der Waals surface area (Å²) >= 11 is 0. The van der Waals surface area contributed by atoms with Crippen molar-refractivity contribution in [2.24, 2.45) is 0 Å². The van der Waals surface area contributed by atoms with Crippen LogP contribution >= 0.6 is 0 Å². The third-order valence-corrected chi connectivity index (χ3v) is 8.24. The van der Waals surface area contributed by atoms with Crippen LogP contribution in [-0.2, 0) is 4.89 Å². The van der Waals surface area contributed by atoms with E-state index in [9.17, 15) is 80.1 Å². The average Bonchev–Trinajstić information content (AvgIpc) is 3.24. The van der Waals surface area contributed by atoms with E-state index in [1.807, 2.05) is 0 Å². The molecule has 6 aromatic carbocycles. The Balaban J connectivity index is 1.18. The monoisotopic (exact) mass is 870 g/mol. The third kappa shape index (κ3) is 9.29. The summed E-state index contributed by atoms with van der Waals surface area (Å²) in [5.74, 6) is -21.5. The highest BCUT2D eigenvalue weighted by molar-refractivity contribution is 5.98. The summed E-state index contributed by atoms with van der Waals surface area (Å²) in [7, 11) is 0. The van der Waals surface area contributed by atoms with Gasteiger partial charge in [0.1, 0.15) is 5.75 Å². The van der Waals surface area contributed by atoms with Crippen LogP contribution in [0.25, 0.3) is 0 Å². The maximum Gasteiger partial charge on any atom is 0.386 e. The molecule has 0 saturated carbocycles. The molecule has 0 fully saturated rings. The Labute approximate surface area is 349 Å². The van der Waals surface area contributed by atoms with Crippen molar-refractivity contribution in [1.29, 1.82) is 0 Å². The van der Waals surface area contributed by atoms with E-state index in [2.05, 4.69) is 4.89 Å². The molecule has 0 unspecified atom stereocenters. The van der Waals surface area contributed by atoms with Crippen molar-refractivity contribution in [3.8, 4) is 92.0 Å². The second-order valence-electron chi connectivity index (χ2n) is 12.6. The fraction of sp³-hybridized carbons (Fsp3) is 0. The van der Waals surface area contributed by atoms with Gasteiger partial charge in [0.15, 0.2) is 57.5 Å². The Bertz CT molecular complexity index is 2830. The first-order chi connectivity index (χ1) is 29.8. The minimum Gasteiger partial charge on any atom is -0.504 e. The first-order valence-corrected chi connectivity index (χ1v) is 17.1. The molecule has 0 aromatic heterocycles. The van der Waals surface area contributed by atoms with Gasteiger partial charge in [-0.3, -0.25) is 4.89 Å². The molecule has 11 N–H and O–H groups in total. The quantitative estimate of drug-likeness (QED) is 0.0281. The highest BCUT2D eigenvalue weighted by Gasteiger charge is 2.26. The molecule has 0 atom stereocenters. The topological polar surface area (TPSA) is 363 Å². The number of carbonyl (C=O) groups is 5. The number of ether oxygens (including phenoxy) is 4. The molecule has 22 heteroatoms. The molecule has 322 valence electrons. The Kier molecular flexibility index (Phi) is 11.7. The van der Waals surface area contributed by atoms with E-state index < -0.39 is 138 Å². The molecule has 0 spiro atoms. The summed E-state index contributed by atoms with van der Waals surface area (Å²) in [4.78, 5) is 73.7. The van der Waals surface area contributed by atoms with Gasteiger partial charge in [-0.15, -0.1) is 0 Å². The SMILES string of the molecule is O=C(OOc1cc(C(=O)Oc2cc(C(=O)Oc3cc(C(=O)Oc4cc(C(=O)Oc5ccccc5)cc(O)c4O)cc(O)c3O)cc(O)c2O)cc(O)c1O)c1cc(O)c(O)c(O)c1. The van der Waals surface area contributed by atoms with E-state index in [1.165, 1.54) is 12.1 Å². The minimum atomic E-state index is -1.50. The Morgan fingerprint density at radius 3 is 0.968 bits per heavy atom. The van der Waals surface area contributed by atoms with Gasteiger partial charge < -0.3 is 75.1 Å². The Hall–Kier alpha value is -9.73. The van der Waals surface area contributed by atoms with Crippen molar-refractivity contribution in [3.05, 3.63) is 119 Å². The molecule has 0 aliphatic rings. The summed E-state index contributed by atoms with van der Waals surface area (Å²) in [5.41, 5.74) is -2.99. The van der Waals surface area contributed by atoms with Crippen LogP contribution in [0.4, 0.5) is 0 Å². The van der Waals surface area contributed by atoms with Crippen molar-refractivity contribution in [1.82, 2.24) is 0 Å². The average molecular weight is 871 g/mol. The number of para-hydroxylation sites is 1. The molecule has 0 bridgehead atoms. The molecule has 63 heavy (non-hydrogen) atoms. The Morgan fingerprint density at radius 2 is 0.603 bits per heavy atom. The van der Waals surface area contributed by atoms with Gasteiger partial charge in [-0.25, -0.2) is 28.9 Å². The van der Waals surface area contributed by atoms with Gasteiger partial charge in [0.2, 0.25) is 28.7 Å². The normalized spacial score (nSPS) is 10.6. The van der Waals surface area contributed by atoms with E-state index in [-0.39, 0.29) is 11.3 Å². The zero-order valence-corrected chi connectivity index (χ0v) is 31.1. The molecule has 0 radical (unpaired) electrons. The summed E-state index contributed by atoms with van der Waals surface area (Å²) < 4.78 is 20.4. The molecule has 6 aromatic rings. The van der Waals surface area contributed by atoms with Gasteiger partial charge in [0.05, 0.1) is 27.8 Å². The van der Waals surface area contributed by atoms with Gasteiger partial charge >= 0.3 is 29.8 Å². The predicted octanol–water partition coefficient (Wildman–Crippen LogP) is 4.48. The fourth-order valence-electron chi connectivity index (χ4n) is 5.12. The lowest BCUT2D eigenvalue weighted by Gasteiger charge is -2.13. The first kappa shape index (κ1) is 42.9. The van der Waals surface area contributed by atoms with E-state index in [4.69, 9.17) is 23.8 Å². The number of hydrogen-bond acceptors (Lipinski definition) is 22. The molecule has 0 aliphatic carbocycles. The predicted molar refractivity (Wildman–Crippen MR) is 203 cm³/mol. The smallest absolute Gasteiger partial charge is 0.386 e. The van der Waals surface area contributed by atoms with Crippen LogP contribution in [0.3, 0.4) is 0 Å². The van der Waals surface area contributed by atoms with E-state index >= 15 is 0 Å². The lowest BCUT2D eigenvalue weighted by molar-refractivity contribution is -0.150. The molecule has 0 amide bonds. The van der Waals surface area contributed by atoms with Crippen LogP contribution in [0.1, 0.15) is 51.8 Å². The first-order valence-electron chi connectivity index (χ1n) is 17.1. The van der Waals surface area contributed by atoms with Gasteiger partial charge in [-0.05, 0) is 66.7 Å². The van der Waals surface area contributed by atoms with Crippen molar-refractivity contribution >= 4 is 29.8 Å². The molecular formula is C41H26O22. The standard InChI is InChI=1S/C41H26O22/c42-22-6-16(7-23(43)32(22)48)41(57)63-62-31-15-20(11-27(47)36(31)52)40(56)61-30-14-19(10-26(46)35(30)51)39(55)60-29-13-18(9-25(45)34(29)50)38(54)59-28-12-17(8-24(44)33(28)49)37(53)58-21-4-2-1-3-5-21/h1-15,42-52H. The van der Waals surface area contributed by atoms with Crippen LogP contribution in [-0.4, -0.2) is 86.0 Å². The maximum absolute atomic E-state index is 13.2. The minimum absolute atomic E-state index is 0.121. The highest BCUT2D eigenvalue weighted by atomic mass is 17.2. The molecular weight excluding hydrogens is 844 g/mol. The number of hydrogen-bond donors (Lipinski definition) is 11. The van der Waals surface area contributed by atoms with E-state index in [0.29, 0.717) is 48.5 Å². The second kappa shape index (κ2) is 17.2. The second-order valence-corrected chi connectivity index (χ2v) is 12.6. The largest absolute Gasteiger partial charge is 0.504 e. The van der Waals surface area contributed by atoms with Gasteiger partial charge in [0.25, 0.3) is 0 Å².